The third-order valence-corrected chi connectivity index (χ3v) is 2.20. The summed E-state index contributed by atoms with van der Waals surface area (Å²) in [6.45, 7) is 0.617. The number of nitrogens with zero attached hydrogens (tertiary/aromatic N) is 1. The Morgan fingerprint density at radius 3 is 2.40 bits per heavy atom. The number of hydrogen-bond acceptors (Lipinski definition) is 7. The van der Waals surface area contributed by atoms with Crippen LogP contribution in [-0.2, 0) is 4.74 Å². The van der Waals surface area contributed by atoms with Gasteiger partial charge in [0.15, 0.2) is 6.29 Å². The summed E-state index contributed by atoms with van der Waals surface area (Å²) in [4.78, 5) is 3.41. The third-order valence-electron chi connectivity index (χ3n) is 2.20. The van der Waals surface area contributed by atoms with Crippen molar-refractivity contribution in [1.29, 1.82) is 0 Å². The van der Waals surface area contributed by atoms with Crippen LogP contribution < -0.4 is 5.11 Å². The third kappa shape index (κ3) is 2.64. The van der Waals surface area contributed by atoms with Crippen molar-refractivity contribution in [3.05, 3.63) is 0 Å². The van der Waals surface area contributed by atoms with Gasteiger partial charge in [-0.15, -0.1) is 0 Å². The molecule has 0 aromatic rings. The Kier molecular flexibility index (Phi) is 4.00. The molecular formula is C8H14NO6-. The van der Waals surface area contributed by atoms with Crippen molar-refractivity contribution in [1.82, 2.24) is 0 Å². The molecule has 5 atom stereocenters. The number of hydrogen-bond donors (Lipinski definition) is 4. The van der Waals surface area contributed by atoms with E-state index in [0.29, 0.717) is 0 Å². The standard InChI is InChI=1S/C8H15NO6/c1-3(11)9-5-7(13)6(12)4(2-10)15-8(5)14/h4-8,10,12-14H,2H2,1H3,(H,9,11)/p-1/t4-,5-,6-,7-,8-/m1/s1. The highest BCUT2D eigenvalue weighted by atomic mass is 16.6. The molecule has 7 nitrogen and oxygen atoms in total. The van der Waals surface area contributed by atoms with E-state index in [1.54, 1.807) is 0 Å². The lowest BCUT2D eigenvalue weighted by Crippen LogP contribution is -2.58. The maximum absolute atomic E-state index is 10.7. The van der Waals surface area contributed by atoms with Gasteiger partial charge >= 0.3 is 0 Å². The molecule has 1 heterocycles. The molecule has 4 N–H and O–H groups in total. The van der Waals surface area contributed by atoms with E-state index in [4.69, 9.17) is 9.84 Å². The molecule has 1 fully saturated rings. The average molecular weight is 220 g/mol. The summed E-state index contributed by atoms with van der Waals surface area (Å²) in [6.07, 6.45) is -5.40. The minimum absolute atomic E-state index is 0.540. The lowest BCUT2D eigenvalue weighted by molar-refractivity contribution is -0.253. The summed E-state index contributed by atoms with van der Waals surface area (Å²) < 4.78 is 4.78. The van der Waals surface area contributed by atoms with E-state index >= 15 is 0 Å². The van der Waals surface area contributed by atoms with Crippen molar-refractivity contribution in [3.8, 4) is 0 Å². The average Bonchev–Trinajstić information content (AvgIpc) is 2.18. The Balaban J connectivity index is 2.79. The Labute approximate surface area is 86.3 Å². The van der Waals surface area contributed by atoms with E-state index in [0.717, 1.165) is 6.92 Å². The molecule has 0 amide bonds. The minimum Gasteiger partial charge on any atom is -0.862 e. The second-order valence-electron chi connectivity index (χ2n) is 3.37. The lowest BCUT2D eigenvalue weighted by atomic mass is 9.97. The van der Waals surface area contributed by atoms with Gasteiger partial charge in [-0.05, 0) is 12.8 Å². The van der Waals surface area contributed by atoms with Gasteiger partial charge in [-0.25, -0.2) is 0 Å². The van der Waals surface area contributed by atoms with Crippen molar-refractivity contribution < 1.29 is 30.3 Å². The van der Waals surface area contributed by atoms with Crippen molar-refractivity contribution in [2.75, 3.05) is 6.61 Å². The first kappa shape index (κ1) is 12.3. The van der Waals surface area contributed by atoms with Crippen LogP contribution in [-0.4, -0.2) is 63.6 Å². The topological polar surface area (TPSA) is 126 Å². The zero-order valence-electron chi connectivity index (χ0n) is 8.15. The molecule has 0 bridgehead atoms. The van der Waals surface area contributed by atoms with Crippen molar-refractivity contribution in [2.24, 2.45) is 4.99 Å². The number of aliphatic hydroxyl groups excluding tert-OH is 4. The van der Waals surface area contributed by atoms with Crippen LogP contribution in [0.5, 0.6) is 0 Å². The molecular weight excluding hydrogens is 206 g/mol. The monoisotopic (exact) mass is 220 g/mol. The lowest BCUT2D eigenvalue weighted by Gasteiger charge is -2.38. The molecule has 7 heteroatoms. The fraction of sp³-hybridized carbons (Fsp3) is 0.875. The van der Waals surface area contributed by atoms with Gasteiger partial charge in [-0.1, -0.05) is 0 Å². The summed E-state index contributed by atoms with van der Waals surface area (Å²) in [5.41, 5.74) is 0. The summed E-state index contributed by atoms with van der Waals surface area (Å²) in [5.74, 6) is -0.587. The van der Waals surface area contributed by atoms with E-state index in [2.05, 4.69) is 4.99 Å². The Bertz CT molecular complexity index is 241. The van der Waals surface area contributed by atoms with Crippen LogP contribution >= 0.6 is 0 Å². The second kappa shape index (κ2) is 4.86. The van der Waals surface area contributed by atoms with Crippen LogP contribution in [0.15, 0.2) is 4.99 Å². The summed E-state index contributed by atoms with van der Waals surface area (Å²) in [5, 5.41) is 47.7. The van der Waals surface area contributed by atoms with E-state index in [1.807, 2.05) is 0 Å². The maximum atomic E-state index is 10.7. The number of aliphatic imine (C=N–C) groups is 1. The quantitative estimate of drug-likeness (QED) is 0.283. The first-order chi connectivity index (χ1) is 6.97. The van der Waals surface area contributed by atoms with Crippen LogP contribution in [0.1, 0.15) is 6.92 Å². The Hall–Kier alpha value is -0.730. The number of rotatable bonds is 2. The largest absolute Gasteiger partial charge is 0.862 e. The Morgan fingerprint density at radius 1 is 1.33 bits per heavy atom. The predicted molar refractivity (Wildman–Crippen MR) is 46.9 cm³/mol. The summed E-state index contributed by atoms with van der Waals surface area (Å²) in [6, 6.07) is -1.22. The van der Waals surface area contributed by atoms with Crippen LogP contribution in [0.2, 0.25) is 0 Å². The fourth-order valence-corrected chi connectivity index (χ4v) is 1.43. The summed E-state index contributed by atoms with van der Waals surface area (Å²) >= 11 is 0. The number of aliphatic hydroxyl groups is 4. The van der Waals surface area contributed by atoms with Gasteiger partial charge in [0, 0.05) is 0 Å². The smallest absolute Gasteiger partial charge is 0.180 e. The van der Waals surface area contributed by atoms with Crippen LogP contribution in [0, 0.1) is 0 Å². The zero-order chi connectivity index (χ0) is 11.6. The van der Waals surface area contributed by atoms with Crippen LogP contribution in [0.25, 0.3) is 0 Å². The molecule has 88 valence electrons. The van der Waals surface area contributed by atoms with Crippen molar-refractivity contribution in [2.45, 2.75) is 37.6 Å². The molecule has 0 spiro atoms. The Morgan fingerprint density at radius 2 is 1.93 bits per heavy atom. The van der Waals surface area contributed by atoms with Crippen LogP contribution in [0.4, 0.5) is 0 Å². The summed E-state index contributed by atoms with van der Waals surface area (Å²) in [7, 11) is 0. The first-order valence-electron chi connectivity index (χ1n) is 4.49. The van der Waals surface area contributed by atoms with Gasteiger partial charge in [-0.2, -0.15) is 0 Å². The maximum Gasteiger partial charge on any atom is 0.180 e. The van der Waals surface area contributed by atoms with E-state index in [9.17, 15) is 20.4 Å². The second-order valence-corrected chi connectivity index (χ2v) is 3.37. The normalized spacial score (nSPS) is 43.0. The molecule has 0 unspecified atom stereocenters. The fourth-order valence-electron chi connectivity index (χ4n) is 1.43. The molecule has 0 aliphatic carbocycles. The highest BCUT2D eigenvalue weighted by Gasteiger charge is 2.43. The molecule has 1 saturated heterocycles. The van der Waals surface area contributed by atoms with Gasteiger partial charge in [0.1, 0.15) is 24.4 Å². The van der Waals surface area contributed by atoms with Crippen molar-refractivity contribution in [3.63, 3.8) is 0 Å². The van der Waals surface area contributed by atoms with Gasteiger partial charge in [0.05, 0.1) is 6.61 Å². The zero-order valence-corrected chi connectivity index (χ0v) is 8.15. The van der Waals surface area contributed by atoms with Crippen LogP contribution in [0.3, 0.4) is 0 Å². The molecule has 0 aromatic carbocycles. The molecule has 1 aliphatic heterocycles. The van der Waals surface area contributed by atoms with Gasteiger partial charge in [0.2, 0.25) is 0 Å². The molecule has 0 aromatic heterocycles. The molecule has 0 radical (unpaired) electrons. The molecule has 15 heavy (non-hydrogen) atoms. The first-order valence-corrected chi connectivity index (χ1v) is 4.49. The predicted octanol–water partition coefficient (Wildman–Crippen LogP) is -3.43. The highest BCUT2D eigenvalue weighted by Crippen LogP contribution is 2.21. The SMILES string of the molecule is CC([O-])=N[C@@H]1[C@@H](O)[C@H](O)[C@@H](CO)O[C@H]1O. The molecule has 1 aliphatic rings. The van der Waals surface area contributed by atoms with Gasteiger partial charge in [0.25, 0.3) is 0 Å². The number of ether oxygens (including phenoxy) is 1. The minimum atomic E-state index is -1.51. The molecule has 0 saturated carbocycles. The van der Waals surface area contributed by atoms with Gasteiger partial charge < -0.3 is 30.3 Å². The van der Waals surface area contributed by atoms with E-state index in [1.165, 1.54) is 0 Å². The molecule has 1 rings (SSSR count). The van der Waals surface area contributed by atoms with Crippen molar-refractivity contribution >= 4 is 5.90 Å². The van der Waals surface area contributed by atoms with Gasteiger partial charge in [-0.3, -0.25) is 4.99 Å². The van der Waals surface area contributed by atoms with E-state index < -0.39 is 43.1 Å². The van der Waals surface area contributed by atoms with E-state index in [-0.39, 0.29) is 0 Å². The highest BCUT2D eigenvalue weighted by molar-refractivity contribution is 5.68.